The molecule has 0 unspecified atom stereocenters. The second-order valence-electron chi connectivity index (χ2n) is 4.45. The molecule has 0 spiro atoms. The highest BCUT2D eigenvalue weighted by Gasteiger charge is 2.30. The van der Waals surface area contributed by atoms with Crippen molar-refractivity contribution in [2.24, 2.45) is 0 Å². The number of hydrogen-bond donors (Lipinski definition) is 2. The summed E-state index contributed by atoms with van der Waals surface area (Å²) in [5, 5.41) is 11.2. The Kier molecular flexibility index (Phi) is 5.52. The number of carboxylic acid groups (broad SMARTS) is 1. The highest BCUT2D eigenvalue weighted by Crippen LogP contribution is 2.20. The highest BCUT2D eigenvalue weighted by atomic mass is 16.5. The van der Waals surface area contributed by atoms with Crippen molar-refractivity contribution in [3.8, 4) is 5.75 Å². The maximum atomic E-state index is 12.1. The van der Waals surface area contributed by atoms with E-state index in [1.807, 2.05) is 6.92 Å². The molecule has 1 aromatic carbocycles. The molecule has 1 aromatic rings. The van der Waals surface area contributed by atoms with Gasteiger partial charge >= 0.3 is 5.97 Å². The number of benzene rings is 1. The molecule has 0 aromatic heterocycles. The van der Waals surface area contributed by atoms with Crippen LogP contribution in [-0.2, 0) is 14.3 Å². The van der Waals surface area contributed by atoms with Crippen LogP contribution in [0.15, 0.2) is 24.3 Å². The molecule has 20 heavy (non-hydrogen) atoms. The Bertz CT molecular complexity index is 465. The summed E-state index contributed by atoms with van der Waals surface area (Å²) in [4.78, 5) is 22.4. The van der Waals surface area contributed by atoms with Gasteiger partial charge in [0.1, 0.15) is 11.4 Å². The molecule has 1 amide bonds. The van der Waals surface area contributed by atoms with Crippen molar-refractivity contribution < 1.29 is 24.2 Å². The van der Waals surface area contributed by atoms with Gasteiger partial charge in [-0.05, 0) is 37.6 Å². The van der Waals surface area contributed by atoms with E-state index in [0.717, 1.165) is 0 Å². The predicted octanol–water partition coefficient (Wildman–Crippen LogP) is 1.90. The van der Waals surface area contributed by atoms with Crippen LogP contribution in [-0.4, -0.2) is 36.3 Å². The molecule has 110 valence electrons. The lowest BCUT2D eigenvalue weighted by Crippen LogP contribution is -2.41. The van der Waals surface area contributed by atoms with Gasteiger partial charge in [-0.3, -0.25) is 4.79 Å². The Labute approximate surface area is 117 Å². The quantitative estimate of drug-likeness (QED) is 0.797. The van der Waals surface area contributed by atoms with Gasteiger partial charge in [-0.25, -0.2) is 4.79 Å². The zero-order valence-electron chi connectivity index (χ0n) is 11.8. The van der Waals surface area contributed by atoms with E-state index in [4.69, 9.17) is 14.6 Å². The van der Waals surface area contributed by atoms with Crippen LogP contribution in [0.4, 0.5) is 5.69 Å². The van der Waals surface area contributed by atoms with Crippen LogP contribution in [0.3, 0.4) is 0 Å². The normalized spacial score (nSPS) is 13.3. The lowest BCUT2D eigenvalue weighted by molar-refractivity contribution is -0.139. The van der Waals surface area contributed by atoms with Gasteiger partial charge in [0.05, 0.1) is 0 Å². The van der Waals surface area contributed by atoms with Gasteiger partial charge in [0, 0.05) is 12.8 Å². The van der Waals surface area contributed by atoms with Crippen LogP contribution in [0.1, 0.15) is 20.3 Å². The van der Waals surface area contributed by atoms with Crippen LogP contribution >= 0.6 is 0 Å². The maximum absolute atomic E-state index is 12.1. The minimum Gasteiger partial charge on any atom is -0.482 e. The van der Waals surface area contributed by atoms with Crippen LogP contribution in [0, 0.1) is 0 Å². The third-order valence-corrected chi connectivity index (χ3v) is 3.08. The molecule has 0 fully saturated rings. The minimum absolute atomic E-state index is 0.235. The molecule has 0 saturated heterocycles. The molecule has 0 aliphatic heterocycles. The number of hydrogen-bond acceptors (Lipinski definition) is 4. The Morgan fingerprint density at radius 2 is 1.90 bits per heavy atom. The summed E-state index contributed by atoms with van der Waals surface area (Å²) >= 11 is 0. The average molecular weight is 281 g/mol. The molecular weight excluding hydrogens is 262 g/mol. The van der Waals surface area contributed by atoms with Crippen LogP contribution < -0.4 is 10.1 Å². The van der Waals surface area contributed by atoms with E-state index in [1.54, 1.807) is 31.2 Å². The number of ether oxygens (including phenoxy) is 2. The Balaban J connectivity index is 2.65. The maximum Gasteiger partial charge on any atom is 0.341 e. The fourth-order valence-electron chi connectivity index (χ4n) is 1.44. The first-order chi connectivity index (χ1) is 9.41. The first-order valence-electron chi connectivity index (χ1n) is 6.22. The molecule has 0 aliphatic rings. The number of aliphatic carboxylic acids is 1. The SMILES string of the molecule is CC[C@@](C)(OC)C(=O)Nc1ccc(OCC(=O)O)cc1. The van der Waals surface area contributed by atoms with Crippen molar-refractivity contribution in [1.29, 1.82) is 0 Å². The number of nitrogens with one attached hydrogen (secondary N) is 1. The number of carbonyl (C=O) groups excluding carboxylic acids is 1. The van der Waals surface area contributed by atoms with E-state index in [2.05, 4.69) is 5.32 Å². The van der Waals surface area contributed by atoms with Crippen molar-refractivity contribution in [3.05, 3.63) is 24.3 Å². The molecule has 1 atom stereocenters. The number of anilines is 1. The predicted molar refractivity (Wildman–Crippen MR) is 73.9 cm³/mol. The van der Waals surface area contributed by atoms with E-state index < -0.39 is 18.2 Å². The summed E-state index contributed by atoms with van der Waals surface area (Å²) in [5.41, 5.74) is -0.284. The Morgan fingerprint density at radius 3 is 2.35 bits per heavy atom. The molecule has 6 heteroatoms. The average Bonchev–Trinajstić information content (AvgIpc) is 2.45. The van der Waals surface area contributed by atoms with Crippen LogP contribution in [0.2, 0.25) is 0 Å². The number of rotatable bonds is 7. The molecule has 0 saturated carbocycles. The van der Waals surface area contributed by atoms with Crippen molar-refractivity contribution in [3.63, 3.8) is 0 Å². The second-order valence-corrected chi connectivity index (χ2v) is 4.45. The highest BCUT2D eigenvalue weighted by molar-refractivity contribution is 5.97. The fraction of sp³-hybridized carbons (Fsp3) is 0.429. The fourth-order valence-corrected chi connectivity index (χ4v) is 1.44. The topological polar surface area (TPSA) is 84.9 Å². The molecule has 0 bridgehead atoms. The smallest absolute Gasteiger partial charge is 0.341 e. The van der Waals surface area contributed by atoms with Gasteiger partial charge in [-0.15, -0.1) is 0 Å². The summed E-state index contributed by atoms with van der Waals surface area (Å²) < 4.78 is 10.2. The standard InChI is InChI=1S/C14H19NO5/c1-4-14(2,19-3)13(18)15-10-5-7-11(8-6-10)20-9-12(16)17/h5-8H,4,9H2,1-3H3,(H,15,18)(H,16,17)/t14-/m1/s1. The third-order valence-electron chi connectivity index (χ3n) is 3.08. The van der Waals surface area contributed by atoms with Crippen LogP contribution in [0.25, 0.3) is 0 Å². The van der Waals surface area contributed by atoms with Gasteiger partial charge in [-0.1, -0.05) is 6.92 Å². The van der Waals surface area contributed by atoms with Crippen molar-refractivity contribution in [2.45, 2.75) is 25.9 Å². The van der Waals surface area contributed by atoms with Gasteiger partial charge in [0.25, 0.3) is 5.91 Å². The van der Waals surface area contributed by atoms with Crippen molar-refractivity contribution >= 4 is 17.6 Å². The van der Waals surface area contributed by atoms with E-state index in [9.17, 15) is 9.59 Å². The molecule has 0 aliphatic carbocycles. The molecular formula is C14H19NO5. The summed E-state index contributed by atoms with van der Waals surface area (Å²) in [7, 11) is 1.49. The van der Waals surface area contributed by atoms with E-state index in [0.29, 0.717) is 17.9 Å². The Morgan fingerprint density at radius 1 is 1.30 bits per heavy atom. The number of methoxy groups -OCH3 is 1. The molecule has 1 rings (SSSR count). The van der Waals surface area contributed by atoms with Gasteiger partial charge < -0.3 is 19.9 Å². The van der Waals surface area contributed by atoms with Gasteiger partial charge in [0.2, 0.25) is 0 Å². The lowest BCUT2D eigenvalue weighted by Gasteiger charge is -2.25. The largest absolute Gasteiger partial charge is 0.482 e. The number of carbonyl (C=O) groups is 2. The minimum atomic E-state index is -1.04. The van der Waals surface area contributed by atoms with Crippen LogP contribution in [0.5, 0.6) is 5.75 Å². The zero-order chi connectivity index (χ0) is 15.2. The summed E-state index contributed by atoms with van der Waals surface area (Å²) in [6.07, 6.45) is 0.551. The summed E-state index contributed by atoms with van der Waals surface area (Å²) in [6, 6.07) is 6.46. The molecule has 2 N–H and O–H groups in total. The first kappa shape index (κ1) is 16.0. The van der Waals surface area contributed by atoms with Gasteiger partial charge in [0.15, 0.2) is 6.61 Å². The summed E-state index contributed by atoms with van der Waals surface area (Å²) in [6.45, 7) is 3.18. The monoisotopic (exact) mass is 281 g/mol. The zero-order valence-corrected chi connectivity index (χ0v) is 11.8. The summed E-state index contributed by atoms with van der Waals surface area (Å²) in [5.74, 6) is -0.849. The van der Waals surface area contributed by atoms with E-state index >= 15 is 0 Å². The van der Waals surface area contributed by atoms with Crippen molar-refractivity contribution in [2.75, 3.05) is 19.0 Å². The lowest BCUT2D eigenvalue weighted by atomic mass is 10.0. The van der Waals surface area contributed by atoms with Crippen molar-refractivity contribution in [1.82, 2.24) is 0 Å². The third kappa shape index (κ3) is 4.24. The first-order valence-corrected chi connectivity index (χ1v) is 6.22. The van der Waals surface area contributed by atoms with E-state index in [-0.39, 0.29) is 5.91 Å². The molecule has 0 radical (unpaired) electrons. The Hall–Kier alpha value is -2.08. The number of amides is 1. The number of carboxylic acids is 1. The molecule has 0 heterocycles. The second kappa shape index (κ2) is 6.91. The molecule has 6 nitrogen and oxygen atoms in total. The van der Waals surface area contributed by atoms with Gasteiger partial charge in [-0.2, -0.15) is 0 Å². The van der Waals surface area contributed by atoms with E-state index in [1.165, 1.54) is 7.11 Å².